The lowest BCUT2D eigenvalue weighted by Crippen LogP contribution is -2.10. The van der Waals surface area contributed by atoms with Gasteiger partial charge in [0.1, 0.15) is 22.7 Å². The molecule has 2 aromatic rings. The van der Waals surface area contributed by atoms with Crippen molar-refractivity contribution in [3.63, 3.8) is 0 Å². The van der Waals surface area contributed by atoms with Gasteiger partial charge in [-0.1, -0.05) is 11.6 Å². The van der Waals surface area contributed by atoms with Crippen molar-refractivity contribution >= 4 is 17.4 Å². The molecule has 1 N–H and O–H groups in total. The van der Waals surface area contributed by atoms with E-state index in [0.717, 1.165) is 12.2 Å². The smallest absolute Gasteiger partial charge is 0.146 e. The summed E-state index contributed by atoms with van der Waals surface area (Å²) in [6, 6.07) is 3.61. The lowest BCUT2D eigenvalue weighted by atomic mass is 10.3. The van der Waals surface area contributed by atoms with Crippen molar-refractivity contribution < 1.29 is 0 Å². The van der Waals surface area contributed by atoms with Crippen molar-refractivity contribution in [3.8, 4) is 6.07 Å². The van der Waals surface area contributed by atoms with E-state index >= 15 is 0 Å². The minimum atomic E-state index is 0.361. The number of aromatic nitrogens is 3. The molecule has 0 unspecified atom stereocenters. The molecule has 0 spiro atoms. The van der Waals surface area contributed by atoms with E-state index < -0.39 is 0 Å². The molecule has 0 saturated carbocycles. The summed E-state index contributed by atoms with van der Waals surface area (Å²) >= 11 is 6.03. The number of imidazole rings is 1. The van der Waals surface area contributed by atoms with Crippen LogP contribution in [0.3, 0.4) is 0 Å². The second-order valence-electron chi connectivity index (χ2n) is 3.76. The first-order valence-corrected chi connectivity index (χ1v) is 5.85. The van der Waals surface area contributed by atoms with Crippen molar-refractivity contribution in [2.45, 2.75) is 6.42 Å². The van der Waals surface area contributed by atoms with E-state index in [1.807, 2.05) is 23.9 Å². The van der Waals surface area contributed by atoms with Crippen LogP contribution in [0, 0.1) is 11.3 Å². The maximum atomic E-state index is 8.85. The first kappa shape index (κ1) is 12.4. The second-order valence-corrected chi connectivity index (χ2v) is 4.14. The Hall–Kier alpha value is -2.06. The Kier molecular flexibility index (Phi) is 3.80. The molecule has 0 aliphatic rings. The summed E-state index contributed by atoms with van der Waals surface area (Å²) in [6.07, 6.45) is 5.99. The number of nitrogens with one attached hydrogen (secondary N) is 1. The number of nitrogens with zero attached hydrogens (tertiary/aromatic N) is 4. The van der Waals surface area contributed by atoms with E-state index in [4.69, 9.17) is 16.9 Å². The summed E-state index contributed by atoms with van der Waals surface area (Å²) in [5.41, 5.74) is 0.422. The summed E-state index contributed by atoms with van der Waals surface area (Å²) in [5, 5.41) is 12.3. The molecule has 0 radical (unpaired) electrons. The molecule has 0 fully saturated rings. The maximum absolute atomic E-state index is 8.85. The van der Waals surface area contributed by atoms with Crippen LogP contribution in [0.4, 0.5) is 5.82 Å². The van der Waals surface area contributed by atoms with Crippen molar-refractivity contribution in [3.05, 3.63) is 41.1 Å². The van der Waals surface area contributed by atoms with Gasteiger partial charge in [0.2, 0.25) is 0 Å². The zero-order valence-corrected chi connectivity index (χ0v) is 10.6. The van der Waals surface area contributed by atoms with Gasteiger partial charge < -0.3 is 9.88 Å². The van der Waals surface area contributed by atoms with Gasteiger partial charge in [0.15, 0.2) is 0 Å². The lowest BCUT2D eigenvalue weighted by molar-refractivity contribution is 0.788. The fourth-order valence-corrected chi connectivity index (χ4v) is 1.80. The summed E-state index contributed by atoms with van der Waals surface area (Å²) in [6.45, 7) is 0.659. The third-order valence-corrected chi connectivity index (χ3v) is 2.95. The number of pyridine rings is 1. The van der Waals surface area contributed by atoms with Crippen LogP contribution < -0.4 is 5.32 Å². The zero-order valence-electron chi connectivity index (χ0n) is 9.89. The third kappa shape index (κ3) is 2.60. The van der Waals surface area contributed by atoms with Gasteiger partial charge in [-0.3, -0.25) is 0 Å². The minimum absolute atomic E-state index is 0.361. The number of nitriles is 1. The molecule has 0 amide bonds. The number of anilines is 1. The first-order valence-electron chi connectivity index (χ1n) is 5.47. The highest BCUT2D eigenvalue weighted by Gasteiger charge is 2.07. The van der Waals surface area contributed by atoms with Crippen LogP contribution in [0.1, 0.15) is 11.4 Å². The Morgan fingerprint density at radius 2 is 2.28 bits per heavy atom. The standard InChI is InChI=1S/C12H12ClN5/c1-18-7-6-15-10(18)3-5-17-12-11(13)9(8-14)2-4-16-12/h2,4,6-7H,3,5H2,1H3,(H,16,17). The molecule has 0 aliphatic carbocycles. The molecule has 18 heavy (non-hydrogen) atoms. The van der Waals surface area contributed by atoms with Gasteiger partial charge in [-0.05, 0) is 6.07 Å². The largest absolute Gasteiger partial charge is 0.368 e. The van der Waals surface area contributed by atoms with Gasteiger partial charge in [-0.2, -0.15) is 5.26 Å². The minimum Gasteiger partial charge on any atom is -0.368 e. The van der Waals surface area contributed by atoms with Gasteiger partial charge in [-0.25, -0.2) is 9.97 Å². The molecule has 6 heteroatoms. The Morgan fingerprint density at radius 1 is 1.44 bits per heavy atom. The average Bonchev–Trinajstić information content (AvgIpc) is 2.77. The zero-order chi connectivity index (χ0) is 13.0. The van der Waals surface area contributed by atoms with Crippen LogP contribution in [0.2, 0.25) is 5.02 Å². The Morgan fingerprint density at radius 3 is 2.94 bits per heavy atom. The van der Waals surface area contributed by atoms with Crippen molar-refractivity contribution in [1.82, 2.24) is 14.5 Å². The summed E-state index contributed by atoms with van der Waals surface area (Å²) in [4.78, 5) is 8.33. The van der Waals surface area contributed by atoms with Gasteiger partial charge in [-0.15, -0.1) is 0 Å². The van der Waals surface area contributed by atoms with Gasteiger partial charge in [0.25, 0.3) is 0 Å². The molecule has 2 heterocycles. The predicted molar refractivity (Wildman–Crippen MR) is 69.4 cm³/mol. The predicted octanol–water partition coefficient (Wildman–Crippen LogP) is 1.99. The molecule has 0 aliphatic heterocycles. The molecular formula is C12H12ClN5. The van der Waals surface area contributed by atoms with Crippen LogP contribution in [0.5, 0.6) is 0 Å². The Balaban J connectivity index is 1.99. The van der Waals surface area contributed by atoms with Crippen LogP contribution >= 0.6 is 11.6 Å². The van der Waals surface area contributed by atoms with Crippen LogP contribution in [-0.4, -0.2) is 21.1 Å². The van der Waals surface area contributed by atoms with Gasteiger partial charge in [0.05, 0.1) is 5.56 Å². The number of halogens is 1. The molecule has 0 aromatic carbocycles. The Labute approximate surface area is 110 Å². The normalized spacial score (nSPS) is 10.1. The van der Waals surface area contributed by atoms with Gasteiger partial charge in [0, 0.05) is 38.6 Å². The molecule has 2 aromatic heterocycles. The Bertz CT molecular complexity index is 584. The highest BCUT2D eigenvalue weighted by Crippen LogP contribution is 2.22. The highest BCUT2D eigenvalue weighted by atomic mass is 35.5. The van der Waals surface area contributed by atoms with E-state index in [1.165, 1.54) is 0 Å². The van der Waals surface area contributed by atoms with Crippen molar-refractivity contribution in [2.75, 3.05) is 11.9 Å². The maximum Gasteiger partial charge on any atom is 0.146 e. The summed E-state index contributed by atoms with van der Waals surface area (Å²) < 4.78 is 1.96. The van der Waals surface area contributed by atoms with E-state index in [2.05, 4.69) is 15.3 Å². The topological polar surface area (TPSA) is 66.5 Å². The fraction of sp³-hybridized carbons (Fsp3) is 0.250. The quantitative estimate of drug-likeness (QED) is 0.914. The second kappa shape index (κ2) is 5.52. The average molecular weight is 262 g/mol. The molecule has 0 bridgehead atoms. The lowest BCUT2D eigenvalue weighted by Gasteiger charge is -2.07. The third-order valence-electron chi connectivity index (χ3n) is 2.57. The molecular weight excluding hydrogens is 250 g/mol. The number of hydrogen-bond acceptors (Lipinski definition) is 4. The van der Waals surface area contributed by atoms with Crippen LogP contribution in [0.15, 0.2) is 24.7 Å². The van der Waals surface area contributed by atoms with Crippen LogP contribution in [0.25, 0.3) is 0 Å². The SMILES string of the molecule is Cn1ccnc1CCNc1nccc(C#N)c1Cl. The molecule has 2 rings (SSSR count). The van der Waals surface area contributed by atoms with E-state index in [0.29, 0.717) is 22.9 Å². The molecule has 0 atom stereocenters. The summed E-state index contributed by atoms with van der Waals surface area (Å²) in [7, 11) is 1.95. The van der Waals surface area contributed by atoms with Crippen LogP contribution in [-0.2, 0) is 13.5 Å². The molecule has 0 saturated heterocycles. The molecule has 92 valence electrons. The van der Waals surface area contributed by atoms with E-state index in [1.54, 1.807) is 18.5 Å². The first-order chi connectivity index (χ1) is 8.72. The number of aryl methyl sites for hydroxylation is 1. The monoisotopic (exact) mass is 261 g/mol. The fourth-order valence-electron chi connectivity index (χ4n) is 1.58. The number of hydrogen-bond donors (Lipinski definition) is 1. The van der Waals surface area contributed by atoms with Gasteiger partial charge >= 0.3 is 0 Å². The van der Waals surface area contributed by atoms with Crippen molar-refractivity contribution in [2.24, 2.45) is 7.05 Å². The molecule has 5 nitrogen and oxygen atoms in total. The van der Waals surface area contributed by atoms with E-state index in [-0.39, 0.29) is 0 Å². The highest BCUT2D eigenvalue weighted by molar-refractivity contribution is 6.34. The summed E-state index contributed by atoms with van der Waals surface area (Å²) in [5.74, 6) is 1.51. The van der Waals surface area contributed by atoms with E-state index in [9.17, 15) is 0 Å². The number of rotatable bonds is 4. The van der Waals surface area contributed by atoms with Crippen molar-refractivity contribution in [1.29, 1.82) is 5.26 Å².